The molecule has 0 atom stereocenters. The van der Waals surface area contributed by atoms with Crippen LogP contribution in [0.25, 0.3) is 11.3 Å². The molecule has 1 aromatic carbocycles. The summed E-state index contributed by atoms with van der Waals surface area (Å²) >= 11 is 0. The van der Waals surface area contributed by atoms with Crippen molar-refractivity contribution in [3.05, 3.63) is 52.8 Å². The van der Waals surface area contributed by atoms with Gasteiger partial charge >= 0.3 is 0 Å². The van der Waals surface area contributed by atoms with E-state index in [1.165, 1.54) is 12.1 Å². The number of hydrogen-bond acceptors (Lipinski definition) is 5. The number of aryl methyl sites for hydroxylation is 2. The largest absolute Gasteiger partial charge is 0.390 e. The van der Waals surface area contributed by atoms with Crippen LogP contribution in [0, 0.1) is 19.7 Å². The average Bonchev–Trinajstić information content (AvgIpc) is 3.06. The van der Waals surface area contributed by atoms with Gasteiger partial charge in [0.25, 0.3) is 0 Å². The van der Waals surface area contributed by atoms with Crippen LogP contribution in [0.2, 0.25) is 0 Å². The van der Waals surface area contributed by atoms with Crippen molar-refractivity contribution in [1.29, 1.82) is 0 Å². The van der Waals surface area contributed by atoms with E-state index < -0.39 is 0 Å². The lowest BCUT2D eigenvalue weighted by atomic mass is 10.1. The molecule has 114 valence electrons. The van der Waals surface area contributed by atoms with E-state index in [1.807, 2.05) is 13.8 Å². The van der Waals surface area contributed by atoms with Gasteiger partial charge < -0.3 is 9.63 Å². The Morgan fingerprint density at radius 3 is 2.55 bits per heavy atom. The fourth-order valence-corrected chi connectivity index (χ4v) is 2.37. The van der Waals surface area contributed by atoms with Crippen LogP contribution in [0.3, 0.4) is 0 Å². The van der Waals surface area contributed by atoms with E-state index in [-0.39, 0.29) is 12.4 Å². The van der Waals surface area contributed by atoms with E-state index in [0.29, 0.717) is 23.7 Å². The van der Waals surface area contributed by atoms with Crippen molar-refractivity contribution in [2.75, 3.05) is 0 Å². The lowest BCUT2D eigenvalue weighted by Crippen LogP contribution is -2.06. The van der Waals surface area contributed by atoms with Crippen LogP contribution >= 0.6 is 0 Å². The lowest BCUT2D eigenvalue weighted by Gasteiger charge is -2.08. The number of benzene rings is 1. The van der Waals surface area contributed by atoms with E-state index in [9.17, 15) is 9.50 Å². The highest BCUT2D eigenvalue weighted by molar-refractivity contribution is 5.61. The maximum absolute atomic E-state index is 13.1. The van der Waals surface area contributed by atoms with Crippen molar-refractivity contribution in [3.8, 4) is 11.3 Å². The summed E-state index contributed by atoms with van der Waals surface area (Å²) in [5.74, 6) is 0.391. The molecule has 1 N–H and O–H groups in total. The van der Waals surface area contributed by atoms with Gasteiger partial charge in [0.2, 0.25) is 0 Å². The Kier molecular flexibility index (Phi) is 3.72. The number of aliphatic hydroxyl groups is 1. The van der Waals surface area contributed by atoms with Gasteiger partial charge in [0.1, 0.15) is 17.3 Å². The monoisotopic (exact) mass is 302 g/mol. The van der Waals surface area contributed by atoms with Crippen molar-refractivity contribution in [1.82, 2.24) is 20.2 Å². The fraction of sp³-hybridized carbons (Fsp3) is 0.267. The zero-order valence-electron chi connectivity index (χ0n) is 12.2. The highest BCUT2D eigenvalue weighted by Crippen LogP contribution is 2.24. The van der Waals surface area contributed by atoms with Crippen LogP contribution in [-0.2, 0) is 13.2 Å². The second kappa shape index (κ2) is 5.69. The molecule has 0 aliphatic rings. The summed E-state index contributed by atoms with van der Waals surface area (Å²) in [6.07, 6.45) is 0. The predicted octanol–water partition coefficient (Wildman–Crippen LogP) is 2.23. The van der Waals surface area contributed by atoms with E-state index >= 15 is 0 Å². The lowest BCUT2D eigenvalue weighted by molar-refractivity contribution is 0.277. The van der Waals surface area contributed by atoms with Gasteiger partial charge in [-0.05, 0) is 38.1 Å². The SMILES string of the molecule is Cc1noc(C)c1Cn1nnc(CO)c1-c1ccc(F)cc1. The summed E-state index contributed by atoms with van der Waals surface area (Å²) in [7, 11) is 0. The summed E-state index contributed by atoms with van der Waals surface area (Å²) in [4.78, 5) is 0. The number of nitrogens with zero attached hydrogens (tertiary/aromatic N) is 4. The van der Waals surface area contributed by atoms with Crippen LogP contribution in [0.4, 0.5) is 4.39 Å². The fourth-order valence-electron chi connectivity index (χ4n) is 2.37. The molecule has 2 heterocycles. The van der Waals surface area contributed by atoms with Gasteiger partial charge in [0.05, 0.1) is 24.5 Å². The minimum Gasteiger partial charge on any atom is -0.390 e. The second-order valence-corrected chi connectivity index (χ2v) is 5.01. The third-order valence-electron chi connectivity index (χ3n) is 3.56. The molecule has 0 aliphatic heterocycles. The van der Waals surface area contributed by atoms with Gasteiger partial charge in [-0.15, -0.1) is 5.10 Å². The number of halogens is 1. The quantitative estimate of drug-likeness (QED) is 0.799. The van der Waals surface area contributed by atoms with Crippen LogP contribution in [0.5, 0.6) is 0 Å². The van der Waals surface area contributed by atoms with Gasteiger partial charge in [-0.2, -0.15) is 0 Å². The summed E-state index contributed by atoms with van der Waals surface area (Å²) in [5.41, 5.74) is 3.53. The molecule has 0 amide bonds. The molecule has 0 bridgehead atoms. The molecule has 2 aromatic heterocycles. The van der Waals surface area contributed by atoms with Crippen molar-refractivity contribution in [3.63, 3.8) is 0 Å². The molecule has 0 saturated carbocycles. The zero-order chi connectivity index (χ0) is 15.7. The molecule has 0 radical (unpaired) electrons. The molecular formula is C15H15FN4O2. The molecule has 7 heteroatoms. The van der Waals surface area contributed by atoms with Crippen LogP contribution in [0.15, 0.2) is 28.8 Å². The first kappa shape index (κ1) is 14.4. The van der Waals surface area contributed by atoms with Gasteiger partial charge in [-0.3, -0.25) is 0 Å². The van der Waals surface area contributed by atoms with Crippen LogP contribution < -0.4 is 0 Å². The Bertz CT molecular complexity index is 773. The van der Waals surface area contributed by atoms with Crippen molar-refractivity contribution >= 4 is 0 Å². The summed E-state index contributed by atoms with van der Waals surface area (Å²) in [5, 5.41) is 21.5. The van der Waals surface area contributed by atoms with E-state index in [2.05, 4.69) is 15.5 Å². The highest BCUT2D eigenvalue weighted by Gasteiger charge is 2.17. The molecule has 6 nitrogen and oxygen atoms in total. The molecule has 0 unspecified atom stereocenters. The Labute approximate surface area is 126 Å². The van der Waals surface area contributed by atoms with Crippen molar-refractivity contribution < 1.29 is 14.0 Å². The topological polar surface area (TPSA) is 77.0 Å². The molecule has 0 saturated heterocycles. The first-order valence-corrected chi connectivity index (χ1v) is 6.81. The van der Waals surface area contributed by atoms with Crippen LogP contribution in [-0.4, -0.2) is 25.3 Å². The van der Waals surface area contributed by atoms with E-state index in [4.69, 9.17) is 4.52 Å². The number of aliphatic hydroxyl groups excluding tert-OH is 1. The third-order valence-corrected chi connectivity index (χ3v) is 3.56. The molecule has 0 spiro atoms. The van der Waals surface area contributed by atoms with Crippen molar-refractivity contribution in [2.45, 2.75) is 27.0 Å². The van der Waals surface area contributed by atoms with E-state index in [0.717, 1.165) is 16.8 Å². The molecule has 3 aromatic rings. The third kappa shape index (κ3) is 2.50. The Balaban J connectivity index is 2.06. The number of aromatic nitrogens is 4. The standard InChI is InChI=1S/C15H15FN4O2/c1-9-13(10(2)22-18-9)7-20-15(14(8-21)17-19-20)11-3-5-12(16)6-4-11/h3-6,21H,7-8H2,1-2H3. The van der Waals surface area contributed by atoms with Crippen LogP contribution in [0.1, 0.15) is 22.7 Å². The molecule has 22 heavy (non-hydrogen) atoms. The predicted molar refractivity (Wildman–Crippen MR) is 76.4 cm³/mol. The summed E-state index contributed by atoms with van der Waals surface area (Å²) in [6.45, 7) is 3.86. The van der Waals surface area contributed by atoms with Crippen molar-refractivity contribution in [2.24, 2.45) is 0 Å². The van der Waals surface area contributed by atoms with Gasteiger partial charge in [-0.1, -0.05) is 10.4 Å². The summed E-state index contributed by atoms with van der Waals surface area (Å²) < 4.78 is 19.9. The average molecular weight is 302 g/mol. The maximum Gasteiger partial charge on any atom is 0.138 e. The maximum atomic E-state index is 13.1. The Morgan fingerprint density at radius 2 is 1.95 bits per heavy atom. The normalized spacial score (nSPS) is 11.1. The highest BCUT2D eigenvalue weighted by atomic mass is 19.1. The number of rotatable bonds is 4. The molecule has 0 fully saturated rings. The number of hydrogen-bond donors (Lipinski definition) is 1. The van der Waals surface area contributed by atoms with E-state index in [1.54, 1.807) is 16.8 Å². The first-order valence-electron chi connectivity index (χ1n) is 6.81. The molecule has 0 aliphatic carbocycles. The summed E-state index contributed by atoms with van der Waals surface area (Å²) in [6, 6.07) is 6.00. The Hall–Kier alpha value is -2.54. The minimum absolute atomic E-state index is 0.242. The van der Waals surface area contributed by atoms with Gasteiger partial charge in [0, 0.05) is 11.1 Å². The zero-order valence-corrected chi connectivity index (χ0v) is 12.2. The molecular weight excluding hydrogens is 287 g/mol. The van der Waals surface area contributed by atoms with Gasteiger partial charge in [-0.25, -0.2) is 9.07 Å². The first-order chi connectivity index (χ1) is 10.6. The molecule has 3 rings (SSSR count). The smallest absolute Gasteiger partial charge is 0.138 e. The second-order valence-electron chi connectivity index (χ2n) is 5.01. The Morgan fingerprint density at radius 1 is 1.23 bits per heavy atom. The minimum atomic E-state index is -0.320. The van der Waals surface area contributed by atoms with Gasteiger partial charge in [0.15, 0.2) is 0 Å².